The lowest BCUT2D eigenvalue weighted by Gasteiger charge is -2.10. The molecular formula is C14H19N3O3S. The predicted molar refractivity (Wildman–Crippen MR) is 79.2 cm³/mol. The molecule has 6 nitrogen and oxygen atoms in total. The van der Waals surface area contributed by atoms with Gasteiger partial charge in [-0.25, -0.2) is 18.1 Å². The molecule has 1 aromatic carbocycles. The highest BCUT2D eigenvalue weighted by Gasteiger charge is 2.16. The lowest BCUT2D eigenvalue weighted by atomic mass is 10.2. The molecule has 1 aromatic heterocycles. The zero-order valence-electron chi connectivity index (χ0n) is 11.8. The van der Waals surface area contributed by atoms with Crippen LogP contribution < -0.4 is 4.72 Å². The molecule has 0 aliphatic rings. The Morgan fingerprint density at radius 1 is 1.38 bits per heavy atom. The van der Waals surface area contributed by atoms with Gasteiger partial charge in [0.15, 0.2) is 0 Å². The molecule has 0 unspecified atom stereocenters. The number of aryl methyl sites for hydroxylation is 2. The first-order chi connectivity index (χ1) is 10.0. The summed E-state index contributed by atoms with van der Waals surface area (Å²) in [6, 6.07) is 4.92. The Morgan fingerprint density at radius 3 is 2.86 bits per heavy atom. The van der Waals surface area contributed by atoms with Crippen molar-refractivity contribution in [3.63, 3.8) is 0 Å². The molecule has 2 aromatic rings. The van der Waals surface area contributed by atoms with Gasteiger partial charge in [-0.1, -0.05) is 12.1 Å². The van der Waals surface area contributed by atoms with Gasteiger partial charge in [-0.05, 0) is 30.5 Å². The van der Waals surface area contributed by atoms with Gasteiger partial charge in [0.05, 0.1) is 11.5 Å². The van der Waals surface area contributed by atoms with E-state index < -0.39 is 10.0 Å². The Morgan fingerprint density at radius 2 is 2.19 bits per heavy atom. The fourth-order valence-electron chi connectivity index (χ4n) is 2.01. The van der Waals surface area contributed by atoms with Crippen LogP contribution in [0.15, 0.2) is 35.5 Å². The highest BCUT2D eigenvalue weighted by molar-refractivity contribution is 7.89. The van der Waals surface area contributed by atoms with E-state index in [0.717, 1.165) is 5.82 Å². The van der Waals surface area contributed by atoms with Gasteiger partial charge in [0.1, 0.15) is 5.82 Å². The summed E-state index contributed by atoms with van der Waals surface area (Å²) in [6.07, 6.45) is 4.75. The van der Waals surface area contributed by atoms with Gasteiger partial charge in [0, 0.05) is 25.4 Å². The van der Waals surface area contributed by atoms with Crippen molar-refractivity contribution in [2.24, 2.45) is 0 Å². The molecule has 0 aliphatic heterocycles. The highest BCUT2D eigenvalue weighted by Crippen LogP contribution is 2.17. The number of hydrogen-bond donors (Lipinski definition) is 3. The van der Waals surface area contributed by atoms with Crippen molar-refractivity contribution in [3.8, 4) is 0 Å². The Hall–Kier alpha value is -1.70. The van der Waals surface area contributed by atoms with E-state index in [1.54, 1.807) is 31.5 Å². The van der Waals surface area contributed by atoms with Gasteiger partial charge in [-0.3, -0.25) is 0 Å². The Balaban J connectivity index is 1.98. The number of nitrogens with zero attached hydrogens (tertiary/aromatic N) is 1. The van der Waals surface area contributed by atoms with E-state index in [2.05, 4.69) is 14.7 Å². The van der Waals surface area contributed by atoms with E-state index in [1.165, 1.54) is 6.07 Å². The van der Waals surface area contributed by atoms with E-state index in [-0.39, 0.29) is 11.5 Å². The van der Waals surface area contributed by atoms with Gasteiger partial charge in [0.2, 0.25) is 10.0 Å². The molecule has 0 saturated carbocycles. The number of aromatic amines is 1. The van der Waals surface area contributed by atoms with Crippen molar-refractivity contribution in [3.05, 3.63) is 47.5 Å². The second-order valence-electron chi connectivity index (χ2n) is 4.80. The van der Waals surface area contributed by atoms with Gasteiger partial charge in [0.25, 0.3) is 0 Å². The number of aromatic nitrogens is 2. The molecule has 114 valence electrons. The molecule has 0 bridgehead atoms. The van der Waals surface area contributed by atoms with Gasteiger partial charge < -0.3 is 10.1 Å². The number of aliphatic hydroxyl groups is 1. The third-order valence-electron chi connectivity index (χ3n) is 3.16. The third-order valence-corrected chi connectivity index (χ3v) is 4.76. The second kappa shape index (κ2) is 6.84. The number of nitrogens with one attached hydrogen (secondary N) is 2. The van der Waals surface area contributed by atoms with Crippen LogP contribution in [0.1, 0.15) is 23.4 Å². The monoisotopic (exact) mass is 309 g/mol. The average Bonchev–Trinajstić information content (AvgIpc) is 2.97. The van der Waals surface area contributed by atoms with Crippen molar-refractivity contribution < 1.29 is 13.5 Å². The molecule has 0 radical (unpaired) electrons. The second-order valence-corrected chi connectivity index (χ2v) is 6.53. The molecule has 0 spiro atoms. The summed E-state index contributed by atoms with van der Waals surface area (Å²) < 4.78 is 27.1. The first-order valence-electron chi connectivity index (χ1n) is 6.71. The molecule has 0 amide bonds. The molecule has 0 atom stereocenters. The van der Waals surface area contributed by atoms with Gasteiger partial charge in [-0.2, -0.15) is 0 Å². The summed E-state index contributed by atoms with van der Waals surface area (Å²) in [5, 5.41) is 9.11. The minimum Gasteiger partial charge on any atom is -0.392 e. The lowest BCUT2D eigenvalue weighted by molar-refractivity contribution is 0.281. The van der Waals surface area contributed by atoms with Crippen LogP contribution in [0.5, 0.6) is 0 Å². The normalized spacial score (nSPS) is 11.7. The summed E-state index contributed by atoms with van der Waals surface area (Å²) >= 11 is 0. The van der Waals surface area contributed by atoms with Crippen LogP contribution in [0.2, 0.25) is 0 Å². The molecule has 2 rings (SSSR count). The van der Waals surface area contributed by atoms with Crippen molar-refractivity contribution in [2.45, 2.75) is 31.3 Å². The fraction of sp³-hybridized carbons (Fsp3) is 0.357. The first kappa shape index (κ1) is 15.7. The summed E-state index contributed by atoms with van der Waals surface area (Å²) in [4.78, 5) is 7.27. The summed E-state index contributed by atoms with van der Waals surface area (Å²) in [5.41, 5.74) is 1.24. The number of aliphatic hydroxyl groups excluding tert-OH is 1. The van der Waals surface area contributed by atoms with Crippen LogP contribution in [-0.4, -0.2) is 30.0 Å². The van der Waals surface area contributed by atoms with Crippen LogP contribution in [0, 0.1) is 6.92 Å². The molecule has 0 aliphatic carbocycles. The molecular weight excluding hydrogens is 290 g/mol. The molecule has 3 N–H and O–H groups in total. The first-order valence-corrected chi connectivity index (χ1v) is 8.19. The van der Waals surface area contributed by atoms with Crippen LogP contribution >= 0.6 is 0 Å². The van der Waals surface area contributed by atoms with Crippen LogP contribution in [-0.2, 0) is 23.1 Å². The Bertz CT molecular complexity index is 681. The number of hydrogen-bond acceptors (Lipinski definition) is 4. The van der Waals surface area contributed by atoms with E-state index in [0.29, 0.717) is 30.5 Å². The maximum absolute atomic E-state index is 12.3. The predicted octanol–water partition coefficient (Wildman–Crippen LogP) is 1.12. The number of sulfonamides is 1. The number of imidazole rings is 1. The van der Waals surface area contributed by atoms with E-state index in [4.69, 9.17) is 5.11 Å². The van der Waals surface area contributed by atoms with Gasteiger partial charge >= 0.3 is 0 Å². The van der Waals surface area contributed by atoms with Crippen molar-refractivity contribution in [2.75, 3.05) is 6.54 Å². The standard InChI is InChI=1S/C14H19N3O3S/c1-11-4-5-12(10-18)9-13(11)21(19,20)17-6-2-3-14-15-7-8-16-14/h4-5,7-9,17-18H,2-3,6,10H2,1H3,(H,15,16). The zero-order chi connectivity index (χ0) is 15.3. The van der Waals surface area contributed by atoms with E-state index in [9.17, 15) is 8.42 Å². The smallest absolute Gasteiger partial charge is 0.240 e. The SMILES string of the molecule is Cc1ccc(CO)cc1S(=O)(=O)NCCCc1ncc[nH]1. The maximum Gasteiger partial charge on any atom is 0.240 e. The molecule has 7 heteroatoms. The van der Waals surface area contributed by atoms with E-state index >= 15 is 0 Å². The average molecular weight is 309 g/mol. The molecule has 0 fully saturated rings. The Kier molecular flexibility index (Phi) is 5.11. The van der Waals surface area contributed by atoms with Gasteiger partial charge in [-0.15, -0.1) is 0 Å². The quantitative estimate of drug-likeness (QED) is 0.668. The van der Waals surface area contributed by atoms with Crippen molar-refractivity contribution >= 4 is 10.0 Å². The topological polar surface area (TPSA) is 95.1 Å². The Labute approximate surface area is 124 Å². The van der Waals surface area contributed by atoms with Crippen LogP contribution in [0.25, 0.3) is 0 Å². The zero-order valence-corrected chi connectivity index (χ0v) is 12.7. The minimum atomic E-state index is -3.56. The summed E-state index contributed by atoms with van der Waals surface area (Å²) in [5.74, 6) is 0.840. The number of rotatable bonds is 7. The van der Waals surface area contributed by atoms with Crippen molar-refractivity contribution in [1.82, 2.24) is 14.7 Å². The largest absolute Gasteiger partial charge is 0.392 e. The number of benzene rings is 1. The van der Waals surface area contributed by atoms with Crippen molar-refractivity contribution in [1.29, 1.82) is 0 Å². The summed E-state index contributed by atoms with van der Waals surface area (Å²) in [6.45, 7) is 1.89. The number of H-pyrrole nitrogens is 1. The molecule has 1 heterocycles. The third kappa shape index (κ3) is 4.13. The summed E-state index contributed by atoms with van der Waals surface area (Å²) in [7, 11) is -3.56. The van der Waals surface area contributed by atoms with Crippen LogP contribution in [0.3, 0.4) is 0 Å². The van der Waals surface area contributed by atoms with Crippen LogP contribution in [0.4, 0.5) is 0 Å². The van der Waals surface area contributed by atoms with E-state index in [1.807, 2.05) is 0 Å². The fourth-order valence-corrected chi connectivity index (χ4v) is 3.37. The molecule has 21 heavy (non-hydrogen) atoms. The molecule has 0 saturated heterocycles. The lowest BCUT2D eigenvalue weighted by Crippen LogP contribution is -2.26. The maximum atomic E-state index is 12.3. The minimum absolute atomic E-state index is 0.179. The highest BCUT2D eigenvalue weighted by atomic mass is 32.2.